The van der Waals surface area contributed by atoms with Crippen molar-refractivity contribution < 1.29 is 23.0 Å². The van der Waals surface area contributed by atoms with E-state index in [1.807, 2.05) is 29.7 Å². The molecule has 9 nitrogen and oxygen atoms in total. The molecular weight excluding hydrogens is 501 g/mol. The molecule has 1 N–H and O–H groups in total. The summed E-state index contributed by atoms with van der Waals surface area (Å²) in [6, 6.07) is 10.2. The molecule has 1 saturated heterocycles. The Labute approximate surface area is 214 Å². The van der Waals surface area contributed by atoms with E-state index < -0.39 is 12.1 Å². The van der Waals surface area contributed by atoms with E-state index in [-0.39, 0.29) is 29.1 Å². The third kappa shape index (κ3) is 4.51. The molecule has 0 bridgehead atoms. The van der Waals surface area contributed by atoms with E-state index in [1.165, 1.54) is 35.0 Å². The minimum Gasteiger partial charge on any atom is -0.506 e. The summed E-state index contributed by atoms with van der Waals surface area (Å²) >= 11 is 0. The molecule has 196 valence electrons. The highest BCUT2D eigenvalue weighted by Gasteiger charge is 2.34. The van der Waals surface area contributed by atoms with Gasteiger partial charge in [-0.25, -0.2) is 4.98 Å². The first-order valence-electron chi connectivity index (χ1n) is 11.8. The molecule has 0 aliphatic carbocycles. The Morgan fingerprint density at radius 1 is 1.05 bits per heavy atom. The van der Waals surface area contributed by atoms with Crippen molar-refractivity contribution in [1.29, 1.82) is 5.26 Å². The van der Waals surface area contributed by atoms with Crippen molar-refractivity contribution in [3.8, 4) is 17.6 Å². The van der Waals surface area contributed by atoms with Crippen LogP contribution in [0.4, 0.5) is 24.5 Å². The number of ether oxygens (including phenoxy) is 1. The van der Waals surface area contributed by atoms with Gasteiger partial charge in [-0.15, -0.1) is 13.2 Å². The van der Waals surface area contributed by atoms with Crippen LogP contribution in [0, 0.1) is 11.3 Å². The van der Waals surface area contributed by atoms with E-state index in [0.717, 1.165) is 0 Å². The number of hydrogen-bond acceptors (Lipinski definition) is 8. The Hall–Kier alpha value is -4.53. The second-order valence-corrected chi connectivity index (χ2v) is 9.36. The monoisotopic (exact) mass is 524 g/mol. The predicted octanol–water partition coefficient (Wildman–Crippen LogP) is 4.06. The Morgan fingerprint density at radius 3 is 2.34 bits per heavy atom. The lowest BCUT2D eigenvalue weighted by atomic mass is 10.0. The fourth-order valence-corrected chi connectivity index (χ4v) is 4.99. The van der Waals surface area contributed by atoms with Crippen molar-refractivity contribution in [3.05, 3.63) is 58.6 Å². The van der Waals surface area contributed by atoms with Crippen molar-refractivity contribution in [2.45, 2.75) is 32.3 Å². The zero-order valence-electron chi connectivity index (χ0n) is 20.7. The molecule has 38 heavy (non-hydrogen) atoms. The number of benzene rings is 1. The summed E-state index contributed by atoms with van der Waals surface area (Å²) < 4.78 is 44.8. The number of halogens is 3. The molecule has 1 aromatic carbocycles. The van der Waals surface area contributed by atoms with Gasteiger partial charge in [-0.3, -0.25) is 9.78 Å². The molecule has 4 aromatic rings. The van der Waals surface area contributed by atoms with Crippen LogP contribution in [0.5, 0.6) is 11.5 Å². The number of nitriles is 1. The number of rotatable bonds is 3. The molecule has 0 radical (unpaired) electrons. The van der Waals surface area contributed by atoms with Crippen LogP contribution in [-0.2, 0) is 7.05 Å². The number of anilines is 2. The Kier molecular flexibility index (Phi) is 6.01. The van der Waals surface area contributed by atoms with Crippen LogP contribution in [-0.4, -0.2) is 51.2 Å². The molecule has 0 unspecified atom stereocenters. The van der Waals surface area contributed by atoms with Crippen LogP contribution in [0.1, 0.15) is 19.5 Å². The van der Waals surface area contributed by atoms with Crippen LogP contribution in [0.3, 0.4) is 0 Å². The first-order valence-corrected chi connectivity index (χ1v) is 11.8. The summed E-state index contributed by atoms with van der Waals surface area (Å²) in [7, 11) is 1.64. The van der Waals surface area contributed by atoms with Gasteiger partial charge in [0.2, 0.25) is 0 Å². The second kappa shape index (κ2) is 9.09. The van der Waals surface area contributed by atoms with Crippen LogP contribution in [0.15, 0.2) is 47.4 Å². The maximum atomic E-state index is 13.1. The number of aromatic hydroxyl groups is 1. The average molecular weight is 525 g/mol. The number of hydrogen-bond donors (Lipinski definition) is 1. The highest BCUT2D eigenvalue weighted by Crippen LogP contribution is 2.38. The van der Waals surface area contributed by atoms with Crippen molar-refractivity contribution >= 4 is 33.3 Å². The zero-order valence-corrected chi connectivity index (χ0v) is 20.7. The first kappa shape index (κ1) is 25.1. The highest BCUT2D eigenvalue weighted by atomic mass is 19.4. The topological polar surface area (TPSA) is 108 Å². The first-order chi connectivity index (χ1) is 17.9. The lowest BCUT2D eigenvalue weighted by Crippen LogP contribution is -2.57. The maximum absolute atomic E-state index is 13.1. The van der Waals surface area contributed by atoms with E-state index in [2.05, 4.69) is 14.7 Å². The summed E-state index contributed by atoms with van der Waals surface area (Å²) in [6.45, 7) is 4.64. The van der Waals surface area contributed by atoms with Crippen molar-refractivity contribution in [3.63, 3.8) is 0 Å². The molecule has 2 atom stereocenters. The van der Waals surface area contributed by atoms with E-state index >= 15 is 0 Å². The minimum atomic E-state index is -4.89. The number of pyridine rings is 3. The Balaban J connectivity index is 1.57. The SMILES string of the molecule is C[C@@H]1CN(c2cc(=O)n(C)c3ccc(C#N)nc23)[C@@H](C)CN1c1cc(OC(F)(F)F)cc2cc(O)cnc12. The van der Waals surface area contributed by atoms with Crippen LogP contribution >= 0.6 is 0 Å². The quantitative estimate of drug-likeness (QED) is 0.428. The number of aryl methyl sites for hydroxylation is 1. The van der Waals surface area contributed by atoms with Gasteiger partial charge in [0, 0.05) is 49.7 Å². The van der Waals surface area contributed by atoms with Crippen LogP contribution < -0.4 is 20.1 Å². The molecule has 4 heterocycles. The fraction of sp³-hybridized carbons (Fsp3) is 0.308. The Morgan fingerprint density at radius 2 is 1.71 bits per heavy atom. The number of aromatic nitrogens is 3. The summed E-state index contributed by atoms with van der Waals surface area (Å²) in [5, 5.41) is 19.5. The summed E-state index contributed by atoms with van der Waals surface area (Å²) in [5.41, 5.74) is 2.53. The molecule has 1 fully saturated rings. The van der Waals surface area contributed by atoms with Crippen LogP contribution in [0.2, 0.25) is 0 Å². The number of fused-ring (bicyclic) bond motifs is 2. The Bertz CT molecular complexity index is 1660. The van der Waals surface area contributed by atoms with E-state index in [4.69, 9.17) is 0 Å². The zero-order chi connectivity index (χ0) is 27.4. The van der Waals surface area contributed by atoms with Gasteiger partial charge in [0.1, 0.15) is 28.8 Å². The predicted molar refractivity (Wildman–Crippen MR) is 135 cm³/mol. The number of nitrogens with zero attached hydrogens (tertiary/aromatic N) is 6. The van der Waals surface area contributed by atoms with Gasteiger partial charge in [0.25, 0.3) is 5.56 Å². The fourth-order valence-electron chi connectivity index (χ4n) is 4.99. The van der Waals surface area contributed by atoms with Gasteiger partial charge in [-0.1, -0.05) is 0 Å². The lowest BCUT2D eigenvalue weighted by molar-refractivity contribution is -0.274. The van der Waals surface area contributed by atoms with E-state index in [0.29, 0.717) is 46.4 Å². The minimum absolute atomic E-state index is 0.180. The van der Waals surface area contributed by atoms with Gasteiger partial charge in [-0.05, 0) is 38.1 Å². The summed E-state index contributed by atoms with van der Waals surface area (Å²) in [5.74, 6) is -0.596. The molecule has 0 amide bonds. The molecule has 1 aliphatic rings. The maximum Gasteiger partial charge on any atom is 0.573 e. The van der Waals surface area contributed by atoms with Crippen molar-refractivity contribution in [1.82, 2.24) is 14.5 Å². The van der Waals surface area contributed by atoms with E-state index in [9.17, 15) is 28.3 Å². The molecule has 0 saturated carbocycles. The molecule has 1 aliphatic heterocycles. The van der Waals surface area contributed by atoms with Gasteiger partial charge in [0.15, 0.2) is 0 Å². The number of alkyl halides is 3. The highest BCUT2D eigenvalue weighted by molar-refractivity contribution is 5.94. The van der Waals surface area contributed by atoms with Crippen molar-refractivity contribution in [2.24, 2.45) is 7.05 Å². The average Bonchev–Trinajstić information content (AvgIpc) is 2.85. The molecule has 5 rings (SSSR count). The second-order valence-electron chi connectivity index (χ2n) is 9.36. The summed E-state index contributed by atoms with van der Waals surface area (Å²) in [4.78, 5) is 25.5. The third-order valence-corrected chi connectivity index (χ3v) is 6.74. The summed E-state index contributed by atoms with van der Waals surface area (Å²) in [6.07, 6.45) is -3.65. The third-order valence-electron chi connectivity index (χ3n) is 6.74. The largest absolute Gasteiger partial charge is 0.573 e. The number of piperazine rings is 1. The standard InChI is InChI=1S/C26H23F3N6O3/c1-14-13-35(22-9-23(37)33(3)20-5-4-17(10-30)32-25(20)22)15(2)12-34(14)21-8-19(38-26(27,28)29)7-16-6-18(36)11-31-24(16)21/h4-9,11,14-15,36H,12-13H2,1-3H3/t14-,15+/m1/s1. The van der Waals surface area contributed by atoms with Gasteiger partial charge in [0.05, 0.1) is 28.6 Å². The molecule has 12 heteroatoms. The molecule has 3 aromatic heterocycles. The lowest BCUT2D eigenvalue weighted by Gasteiger charge is -2.46. The molecular formula is C26H23F3N6O3. The van der Waals surface area contributed by atoms with Crippen molar-refractivity contribution in [2.75, 3.05) is 22.9 Å². The van der Waals surface area contributed by atoms with E-state index in [1.54, 1.807) is 19.2 Å². The van der Waals surface area contributed by atoms with Gasteiger partial charge >= 0.3 is 6.36 Å². The van der Waals surface area contributed by atoms with Gasteiger partial charge in [-0.2, -0.15) is 5.26 Å². The van der Waals surface area contributed by atoms with Gasteiger partial charge < -0.3 is 24.2 Å². The smallest absolute Gasteiger partial charge is 0.506 e. The molecule has 0 spiro atoms. The van der Waals surface area contributed by atoms with Crippen LogP contribution in [0.25, 0.3) is 21.9 Å². The normalized spacial score (nSPS) is 18.1.